The summed E-state index contributed by atoms with van der Waals surface area (Å²) in [6, 6.07) is 7.77. The van der Waals surface area contributed by atoms with Gasteiger partial charge in [0.25, 0.3) is 0 Å². The summed E-state index contributed by atoms with van der Waals surface area (Å²) in [5, 5.41) is 6.13. The Morgan fingerprint density at radius 3 is 2.61 bits per heavy atom. The van der Waals surface area contributed by atoms with Crippen LogP contribution >= 0.6 is 0 Å². The summed E-state index contributed by atoms with van der Waals surface area (Å²) in [7, 11) is 1.65. The average Bonchev–Trinajstić information content (AvgIpc) is 3.29. The number of carbonyl (C=O) groups excluding carboxylic acids is 1. The molecule has 10 heteroatoms. The summed E-state index contributed by atoms with van der Waals surface area (Å²) >= 11 is 0. The van der Waals surface area contributed by atoms with E-state index in [4.69, 9.17) is 24.2 Å². The number of alkyl carbamates (subject to hydrolysis) is 1. The van der Waals surface area contributed by atoms with Crippen LogP contribution in [0.4, 0.5) is 10.7 Å². The molecule has 1 aliphatic rings. The van der Waals surface area contributed by atoms with E-state index in [1.54, 1.807) is 13.4 Å². The highest BCUT2D eigenvalue weighted by Gasteiger charge is 2.22. The van der Waals surface area contributed by atoms with Gasteiger partial charge in [0.15, 0.2) is 5.65 Å². The number of nitrogens with one attached hydrogen (secondary N) is 2. The maximum absolute atomic E-state index is 11.8. The van der Waals surface area contributed by atoms with Crippen LogP contribution in [0.15, 0.2) is 30.6 Å². The van der Waals surface area contributed by atoms with Crippen molar-refractivity contribution in [1.29, 1.82) is 0 Å². The molecular weight excluding hydrogens is 460 g/mol. The first-order chi connectivity index (χ1) is 17.3. The van der Waals surface area contributed by atoms with Crippen LogP contribution in [-0.2, 0) is 9.47 Å². The molecule has 1 saturated heterocycles. The maximum atomic E-state index is 11.8. The summed E-state index contributed by atoms with van der Waals surface area (Å²) in [6.45, 7) is 7.49. The van der Waals surface area contributed by atoms with Crippen molar-refractivity contribution in [3.63, 3.8) is 0 Å². The molecule has 194 valence electrons. The van der Waals surface area contributed by atoms with E-state index in [0.717, 1.165) is 66.9 Å². The number of imidazole rings is 1. The molecule has 0 bridgehead atoms. The maximum Gasteiger partial charge on any atom is 0.407 e. The van der Waals surface area contributed by atoms with E-state index in [1.165, 1.54) is 0 Å². The van der Waals surface area contributed by atoms with E-state index < -0.39 is 11.7 Å². The van der Waals surface area contributed by atoms with Crippen LogP contribution in [0.3, 0.4) is 0 Å². The van der Waals surface area contributed by atoms with Crippen molar-refractivity contribution in [3.8, 4) is 17.0 Å². The number of nitrogens with zero attached hydrogens (tertiary/aromatic N) is 4. The van der Waals surface area contributed by atoms with Crippen molar-refractivity contribution < 1.29 is 19.0 Å². The third-order valence-corrected chi connectivity index (χ3v) is 5.81. The second-order valence-corrected chi connectivity index (χ2v) is 9.83. The van der Waals surface area contributed by atoms with Crippen LogP contribution in [0.2, 0.25) is 0 Å². The van der Waals surface area contributed by atoms with Gasteiger partial charge in [-0.2, -0.15) is 4.98 Å². The standard InChI is InChI=1S/C26H36N6O4/c1-26(2,3)36-25(33)28-15-7-6-14-27-24-30-21(18-10-12-19(34-4)13-11-18)22-23(31-24)32(17-29-22)20-9-5-8-16-35-20/h10-13,17,20H,5-9,14-16H2,1-4H3,(H,28,33)(H,27,30,31). The van der Waals surface area contributed by atoms with Crippen molar-refractivity contribution in [2.45, 2.75) is 64.7 Å². The first-order valence-corrected chi connectivity index (χ1v) is 12.6. The Morgan fingerprint density at radius 1 is 1.14 bits per heavy atom. The molecule has 4 rings (SSSR count). The van der Waals surface area contributed by atoms with Crippen LogP contribution in [-0.4, -0.2) is 58.0 Å². The highest BCUT2D eigenvalue weighted by atomic mass is 16.6. The van der Waals surface area contributed by atoms with Crippen molar-refractivity contribution in [2.24, 2.45) is 0 Å². The zero-order valence-corrected chi connectivity index (χ0v) is 21.5. The number of anilines is 1. The molecule has 3 heterocycles. The molecule has 2 N–H and O–H groups in total. The van der Waals surface area contributed by atoms with Crippen molar-refractivity contribution >= 4 is 23.2 Å². The van der Waals surface area contributed by atoms with Gasteiger partial charge >= 0.3 is 6.09 Å². The minimum absolute atomic E-state index is 0.0749. The van der Waals surface area contributed by atoms with Gasteiger partial charge in [0.2, 0.25) is 5.95 Å². The Labute approximate surface area is 211 Å². The third-order valence-electron chi connectivity index (χ3n) is 5.81. The fourth-order valence-corrected chi connectivity index (χ4v) is 4.05. The molecule has 1 fully saturated rings. The number of ether oxygens (including phenoxy) is 3. The molecule has 2 aromatic heterocycles. The number of methoxy groups -OCH3 is 1. The van der Waals surface area contributed by atoms with Crippen LogP contribution in [0.5, 0.6) is 5.75 Å². The summed E-state index contributed by atoms with van der Waals surface area (Å²) < 4.78 is 18.6. The first-order valence-electron chi connectivity index (χ1n) is 12.6. The predicted octanol–water partition coefficient (Wildman–Crippen LogP) is 4.92. The van der Waals surface area contributed by atoms with Crippen LogP contribution in [0.25, 0.3) is 22.4 Å². The topological polar surface area (TPSA) is 112 Å². The third kappa shape index (κ3) is 6.63. The van der Waals surface area contributed by atoms with Gasteiger partial charge in [-0.25, -0.2) is 14.8 Å². The van der Waals surface area contributed by atoms with Gasteiger partial charge in [-0.15, -0.1) is 0 Å². The number of benzene rings is 1. The lowest BCUT2D eigenvalue weighted by Crippen LogP contribution is -2.33. The largest absolute Gasteiger partial charge is 0.497 e. The van der Waals surface area contributed by atoms with E-state index in [2.05, 4.69) is 15.6 Å². The molecule has 1 aliphatic heterocycles. The second-order valence-electron chi connectivity index (χ2n) is 9.83. The number of aromatic nitrogens is 4. The van der Waals surface area contributed by atoms with Crippen LogP contribution in [0, 0.1) is 0 Å². The molecule has 0 saturated carbocycles. The molecule has 0 radical (unpaired) electrons. The van der Waals surface area contributed by atoms with E-state index in [1.807, 2.05) is 49.6 Å². The molecule has 3 aromatic rings. The van der Waals surface area contributed by atoms with Crippen molar-refractivity contribution in [2.75, 3.05) is 32.1 Å². The average molecular weight is 497 g/mol. The minimum atomic E-state index is -0.502. The van der Waals surface area contributed by atoms with Crippen molar-refractivity contribution in [1.82, 2.24) is 24.8 Å². The van der Waals surface area contributed by atoms with Gasteiger partial charge < -0.3 is 24.8 Å². The molecule has 1 unspecified atom stereocenters. The SMILES string of the molecule is COc1ccc(-c2nc(NCCCCNC(=O)OC(C)(C)C)nc3c2ncn3C2CCCCO2)cc1. The Hall–Kier alpha value is -3.40. The zero-order valence-electron chi connectivity index (χ0n) is 21.5. The predicted molar refractivity (Wildman–Crippen MR) is 138 cm³/mol. The smallest absolute Gasteiger partial charge is 0.407 e. The van der Waals surface area contributed by atoms with Crippen LogP contribution < -0.4 is 15.4 Å². The monoisotopic (exact) mass is 496 g/mol. The number of carbonyl (C=O) groups is 1. The Balaban J connectivity index is 1.47. The number of amides is 1. The summed E-state index contributed by atoms with van der Waals surface area (Å²) in [4.78, 5) is 26.1. The lowest BCUT2D eigenvalue weighted by molar-refractivity contribution is -0.0298. The van der Waals surface area contributed by atoms with E-state index >= 15 is 0 Å². The van der Waals surface area contributed by atoms with Crippen molar-refractivity contribution in [3.05, 3.63) is 30.6 Å². The van der Waals surface area contributed by atoms with Gasteiger partial charge in [0.1, 0.15) is 28.8 Å². The number of fused-ring (bicyclic) bond motifs is 1. The Morgan fingerprint density at radius 2 is 1.92 bits per heavy atom. The van der Waals surface area contributed by atoms with E-state index in [9.17, 15) is 4.79 Å². The molecule has 1 amide bonds. The van der Waals surface area contributed by atoms with E-state index in [-0.39, 0.29) is 6.23 Å². The summed E-state index contributed by atoms with van der Waals surface area (Å²) in [5.74, 6) is 1.31. The lowest BCUT2D eigenvalue weighted by atomic mass is 10.1. The second kappa shape index (κ2) is 11.6. The van der Waals surface area contributed by atoms with Gasteiger partial charge in [0.05, 0.1) is 13.4 Å². The van der Waals surface area contributed by atoms with Gasteiger partial charge in [0, 0.05) is 25.3 Å². The number of hydrogen-bond acceptors (Lipinski definition) is 8. The van der Waals surface area contributed by atoms with E-state index in [0.29, 0.717) is 19.0 Å². The van der Waals surface area contributed by atoms with Gasteiger partial charge in [-0.3, -0.25) is 4.57 Å². The highest BCUT2D eigenvalue weighted by molar-refractivity contribution is 5.88. The van der Waals surface area contributed by atoms with Gasteiger partial charge in [-0.05, 0) is 77.1 Å². The summed E-state index contributed by atoms with van der Waals surface area (Å²) in [5.41, 5.74) is 2.67. The first kappa shape index (κ1) is 25.7. The molecule has 1 aromatic carbocycles. The normalized spacial score (nSPS) is 16.1. The number of hydrogen-bond donors (Lipinski definition) is 2. The van der Waals surface area contributed by atoms with Crippen LogP contribution in [0.1, 0.15) is 59.1 Å². The molecule has 10 nitrogen and oxygen atoms in total. The quantitative estimate of drug-likeness (QED) is 0.402. The van der Waals surface area contributed by atoms with Gasteiger partial charge in [-0.1, -0.05) is 0 Å². The summed E-state index contributed by atoms with van der Waals surface area (Å²) in [6.07, 6.45) is 6.08. The Kier molecular flexibility index (Phi) is 8.25. The highest BCUT2D eigenvalue weighted by Crippen LogP contribution is 2.31. The molecule has 36 heavy (non-hydrogen) atoms. The molecule has 0 aliphatic carbocycles. The molecule has 0 spiro atoms. The fourth-order valence-electron chi connectivity index (χ4n) is 4.05. The lowest BCUT2D eigenvalue weighted by Gasteiger charge is -2.24. The number of unbranched alkanes of at least 4 members (excludes halogenated alkanes) is 1. The fraction of sp³-hybridized carbons (Fsp3) is 0.538. The number of rotatable bonds is 9. The minimum Gasteiger partial charge on any atom is -0.497 e. The molecular formula is C26H36N6O4. The Bertz CT molecular complexity index is 1150. The molecule has 1 atom stereocenters. The zero-order chi connectivity index (χ0) is 25.5.